The van der Waals surface area contributed by atoms with Crippen LogP contribution < -0.4 is 10.5 Å². The predicted molar refractivity (Wildman–Crippen MR) is 83.3 cm³/mol. The van der Waals surface area contributed by atoms with Gasteiger partial charge in [0.1, 0.15) is 5.75 Å². The van der Waals surface area contributed by atoms with Gasteiger partial charge in [-0.3, -0.25) is 4.98 Å². The summed E-state index contributed by atoms with van der Waals surface area (Å²) in [5.41, 5.74) is 10.9. The van der Waals surface area contributed by atoms with Gasteiger partial charge in [-0.2, -0.15) is 0 Å². The van der Waals surface area contributed by atoms with E-state index in [9.17, 15) is 0 Å². The highest BCUT2D eigenvalue weighted by molar-refractivity contribution is 5.73. The maximum absolute atomic E-state index is 6.37. The molecule has 0 spiro atoms. The predicted octanol–water partition coefficient (Wildman–Crippen LogP) is 2.99. The Balaban J connectivity index is 2.07. The summed E-state index contributed by atoms with van der Waals surface area (Å²) in [7, 11) is 1.65. The van der Waals surface area contributed by atoms with E-state index in [1.165, 1.54) is 0 Å². The summed E-state index contributed by atoms with van der Waals surface area (Å²) in [5.74, 6) is 0.767. The zero-order valence-corrected chi connectivity index (χ0v) is 12.1. The largest absolute Gasteiger partial charge is 0.496 e. The molecular formula is C17H17N3O. The van der Waals surface area contributed by atoms with Crippen LogP contribution in [0.1, 0.15) is 22.9 Å². The average Bonchev–Trinajstić information content (AvgIpc) is 2.53. The minimum absolute atomic E-state index is 0.364. The molecule has 0 radical (unpaired) electrons. The number of hydrogen-bond donors (Lipinski definition) is 1. The third-order valence-corrected chi connectivity index (χ3v) is 3.51. The van der Waals surface area contributed by atoms with Crippen molar-refractivity contribution in [3.8, 4) is 5.75 Å². The molecule has 0 aliphatic rings. The van der Waals surface area contributed by atoms with Crippen LogP contribution in [0, 0.1) is 6.92 Å². The minimum atomic E-state index is -0.364. The molecule has 0 saturated carbocycles. The topological polar surface area (TPSA) is 61.0 Å². The summed E-state index contributed by atoms with van der Waals surface area (Å²) in [5, 5.41) is 0. The number of methoxy groups -OCH3 is 1. The van der Waals surface area contributed by atoms with E-state index in [0.29, 0.717) is 0 Å². The molecule has 2 aromatic carbocycles. The molecule has 3 rings (SSSR count). The molecule has 106 valence electrons. The van der Waals surface area contributed by atoms with Crippen LogP contribution in [-0.2, 0) is 0 Å². The molecule has 4 heteroatoms. The van der Waals surface area contributed by atoms with Crippen LogP contribution in [-0.4, -0.2) is 17.1 Å². The highest BCUT2D eigenvalue weighted by Crippen LogP contribution is 2.28. The molecule has 4 nitrogen and oxygen atoms in total. The van der Waals surface area contributed by atoms with Gasteiger partial charge in [0.25, 0.3) is 0 Å². The zero-order valence-electron chi connectivity index (χ0n) is 12.1. The maximum Gasteiger partial charge on any atom is 0.124 e. The Bertz CT molecular complexity index is 786. The van der Waals surface area contributed by atoms with Gasteiger partial charge in [0.05, 0.1) is 36.1 Å². The Morgan fingerprint density at radius 1 is 1.10 bits per heavy atom. The lowest BCUT2D eigenvalue weighted by atomic mass is 10.0. The second kappa shape index (κ2) is 5.50. The van der Waals surface area contributed by atoms with Crippen LogP contribution in [0.4, 0.5) is 0 Å². The smallest absolute Gasteiger partial charge is 0.124 e. The SMILES string of the molecule is COc1ccc(C)cc1C(N)c1cnc2ccccc2n1. The molecule has 0 saturated heterocycles. The van der Waals surface area contributed by atoms with Gasteiger partial charge in [0, 0.05) is 5.56 Å². The lowest BCUT2D eigenvalue weighted by molar-refractivity contribution is 0.407. The third-order valence-electron chi connectivity index (χ3n) is 3.51. The lowest BCUT2D eigenvalue weighted by Crippen LogP contribution is -2.15. The standard InChI is InChI=1S/C17H17N3O/c1-11-7-8-16(21-2)12(9-11)17(18)15-10-19-13-5-3-4-6-14(13)20-15/h3-10,17H,18H2,1-2H3. The number of ether oxygens (including phenoxy) is 1. The number of nitrogens with two attached hydrogens (primary N) is 1. The summed E-state index contributed by atoms with van der Waals surface area (Å²) in [4.78, 5) is 9.04. The number of hydrogen-bond acceptors (Lipinski definition) is 4. The third kappa shape index (κ3) is 2.58. The minimum Gasteiger partial charge on any atom is -0.496 e. The van der Waals surface area contributed by atoms with E-state index in [4.69, 9.17) is 10.5 Å². The summed E-state index contributed by atoms with van der Waals surface area (Å²) in [6.45, 7) is 2.03. The molecule has 0 bridgehead atoms. The van der Waals surface area contributed by atoms with Crippen molar-refractivity contribution in [2.45, 2.75) is 13.0 Å². The monoisotopic (exact) mass is 279 g/mol. The van der Waals surface area contributed by atoms with E-state index < -0.39 is 0 Å². The van der Waals surface area contributed by atoms with Crippen molar-refractivity contribution >= 4 is 11.0 Å². The van der Waals surface area contributed by atoms with E-state index in [1.807, 2.05) is 49.4 Å². The summed E-state index contributed by atoms with van der Waals surface area (Å²) < 4.78 is 5.40. The van der Waals surface area contributed by atoms with Gasteiger partial charge in [-0.15, -0.1) is 0 Å². The number of benzene rings is 2. The molecular weight excluding hydrogens is 262 g/mol. The molecule has 0 aliphatic heterocycles. The van der Waals surface area contributed by atoms with Crippen LogP contribution in [0.2, 0.25) is 0 Å². The number of nitrogens with zero attached hydrogens (tertiary/aromatic N) is 2. The van der Waals surface area contributed by atoms with Crippen LogP contribution >= 0.6 is 0 Å². The first-order valence-electron chi connectivity index (χ1n) is 6.81. The first-order valence-corrected chi connectivity index (χ1v) is 6.81. The van der Waals surface area contributed by atoms with Crippen molar-refractivity contribution in [2.75, 3.05) is 7.11 Å². The Morgan fingerprint density at radius 2 is 1.86 bits per heavy atom. The maximum atomic E-state index is 6.37. The Morgan fingerprint density at radius 3 is 2.62 bits per heavy atom. The zero-order chi connectivity index (χ0) is 14.8. The highest BCUT2D eigenvalue weighted by atomic mass is 16.5. The average molecular weight is 279 g/mol. The number of rotatable bonds is 3. The molecule has 21 heavy (non-hydrogen) atoms. The van der Waals surface area contributed by atoms with Crippen molar-refractivity contribution in [3.05, 3.63) is 65.5 Å². The number of fused-ring (bicyclic) bond motifs is 1. The summed E-state index contributed by atoms with van der Waals surface area (Å²) in [6.07, 6.45) is 1.73. The van der Waals surface area contributed by atoms with Gasteiger partial charge in [-0.1, -0.05) is 29.8 Å². The number of para-hydroxylation sites is 2. The van der Waals surface area contributed by atoms with Gasteiger partial charge >= 0.3 is 0 Å². The quantitative estimate of drug-likeness (QED) is 0.800. The van der Waals surface area contributed by atoms with Crippen LogP contribution in [0.25, 0.3) is 11.0 Å². The van der Waals surface area contributed by atoms with Crippen LogP contribution in [0.15, 0.2) is 48.7 Å². The fraction of sp³-hybridized carbons (Fsp3) is 0.176. The molecule has 2 N–H and O–H groups in total. The summed E-state index contributed by atoms with van der Waals surface area (Å²) >= 11 is 0. The van der Waals surface area contributed by atoms with E-state index in [0.717, 1.165) is 33.6 Å². The highest BCUT2D eigenvalue weighted by Gasteiger charge is 2.16. The second-order valence-corrected chi connectivity index (χ2v) is 5.01. The normalized spacial score (nSPS) is 12.3. The molecule has 0 amide bonds. The van der Waals surface area contributed by atoms with Gasteiger partial charge in [-0.25, -0.2) is 4.98 Å². The van der Waals surface area contributed by atoms with Crippen molar-refractivity contribution in [1.29, 1.82) is 0 Å². The Labute approximate surface area is 123 Å². The van der Waals surface area contributed by atoms with Crippen LogP contribution in [0.3, 0.4) is 0 Å². The van der Waals surface area contributed by atoms with Gasteiger partial charge < -0.3 is 10.5 Å². The number of aryl methyl sites for hydroxylation is 1. The van der Waals surface area contributed by atoms with Gasteiger partial charge in [-0.05, 0) is 25.1 Å². The van der Waals surface area contributed by atoms with Gasteiger partial charge in [0.2, 0.25) is 0 Å². The van der Waals surface area contributed by atoms with E-state index in [1.54, 1.807) is 13.3 Å². The van der Waals surface area contributed by atoms with Crippen molar-refractivity contribution in [1.82, 2.24) is 9.97 Å². The fourth-order valence-corrected chi connectivity index (χ4v) is 2.38. The second-order valence-electron chi connectivity index (χ2n) is 5.01. The lowest BCUT2D eigenvalue weighted by Gasteiger charge is -2.16. The molecule has 1 atom stereocenters. The Hall–Kier alpha value is -2.46. The van der Waals surface area contributed by atoms with E-state index in [2.05, 4.69) is 9.97 Å². The molecule has 0 fully saturated rings. The van der Waals surface area contributed by atoms with Crippen molar-refractivity contribution in [3.63, 3.8) is 0 Å². The summed E-state index contributed by atoms with van der Waals surface area (Å²) in [6, 6.07) is 13.4. The van der Waals surface area contributed by atoms with Crippen molar-refractivity contribution < 1.29 is 4.74 Å². The molecule has 0 aliphatic carbocycles. The molecule has 1 heterocycles. The fourth-order valence-electron chi connectivity index (χ4n) is 2.38. The van der Waals surface area contributed by atoms with Crippen molar-refractivity contribution in [2.24, 2.45) is 5.73 Å². The van der Waals surface area contributed by atoms with E-state index >= 15 is 0 Å². The number of aromatic nitrogens is 2. The first-order chi connectivity index (χ1) is 10.2. The van der Waals surface area contributed by atoms with E-state index in [-0.39, 0.29) is 6.04 Å². The molecule has 1 unspecified atom stereocenters. The Kier molecular flexibility index (Phi) is 3.54. The van der Waals surface area contributed by atoms with Crippen LogP contribution in [0.5, 0.6) is 5.75 Å². The van der Waals surface area contributed by atoms with Gasteiger partial charge in [0.15, 0.2) is 0 Å². The molecule has 3 aromatic rings. The molecule has 1 aromatic heterocycles. The first kappa shape index (κ1) is 13.5.